The predicted molar refractivity (Wildman–Crippen MR) is 99.0 cm³/mol. The first kappa shape index (κ1) is 18.5. The highest BCUT2D eigenvalue weighted by Gasteiger charge is 2.38. The van der Waals surface area contributed by atoms with Gasteiger partial charge in [-0.1, -0.05) is 29.8 Å². The third kappa shape index (κ3) is 3.61. The van der Waals surface area contributed by atoms with Gasteiger partial charge in [0.2, 0.25) is 11.8 Å². The molecule has 9 heteroatoms. The number of hydrogen-bond donors (Lipinski definition) is 0. The molecule has 2 aromatic rings. The molecule has 0 bridgehead atoms. The van der Waals surface area contributed by atoms with E-state index in [1.165, 1.54) is 0 Å². The second kappa shape index (κ2) is 7.26. The van der Waals surface area contributed by atoms with Crippen molar-refractivity contribution in [2.45, 2.75) is 23.8 Å². The van der Waals surface area contributed by atoms with Gasteiger partial charge in [0.1, 0.15) is 21.4 Å². The molecule has 144 valence electrons. The molecule has 1 saturated heterocycles. The van der Waals surface area contributed by atoms with Crippen molar-refractivity contribution >= 4 is 27.1 Å². The van der Waals surface area contributed by atoms with E-state index >= 15 is 0 Å². The van der Waals surface area contributed by atoms with Crippen LogP contribution < -0.4 is 9.64 Å². The van der Waals surface area contributed by atoms with E-state index < -0.39 is 20.8 Å². The van der Waals surface area contributed by atoms with Gasteiger partial charge in [0.25, 0.3) is 0 Å². The molecule has 1 fully saturated rings. The summed E-state index contributed by atoms with van der Waals surface area (Å²) >= 11 is 6.02. The zero-order valence-corrected chi connectivity index (χ0v) is 16.0. The second-order valence-corrected chi connectivity index (χ2v) is 8.94. The monoisotopic (exact) mass is 412 g/mol. The van der Waals surface area contributed by atoms with E-state index in [1.807, 2.05) is 11.0 Å². The van der Waals surface area contributed by atoms with Gasteiger partial charge in [0.15, 0.2) is 9.84 Å². The largest absolute Gasteiger partial charge is 0.437 e. The summed E-state index contributed by atoms with van der Waals surface area (Å²) in [6.07, 6.45) is 1.82. The Morgan fingerprint density at radius 2 is 2.11 bits per heavy atom. The van der Waals surface area contributed by atoms with Crippen LogP contribution in [-0.2, 0) is 14.6 Å². The van der Waals surface area contributed by atoms with E-state index in [2.05, 4.69) is 4.98 Å². The molecule has 27 heavy (non-hydrogen) atoms. The number of benzene rings is 1. The Kier molecular flexibility index (Phi) is 4.96. The second-order valence-electron chi connectivity index (χ2n) is 6.51. The lowest BCUT2D eigenvalue weighted by Gasteiger charge is -2.33. The van der Waals surface area contributed by atoms with E-state index in [9.17, 15) is 12.8 Å². The fraction of sp³-hybridized carbons (Fsp3) is 0.389. The van der Waals surface area contributed by atoms with Gasteiger partial charge in [-0.25, -0.2) is 8.42 Å². The van der Waals surface area contributed by atoms with Crippen LogP contribution in [0.4, 0.5) is 10.1 Å². The number of anilines is 1. The van der Waals surface area contributed by atoms with Crippen molar-refractivity contribution < 1.29 is 22.3 Å². The smallest absolute Gasteiger partial charge is 0.247 e. The van der Waals surface area contributed by atoms with Crippen LogP contribution in [0.1, 0.15) is 12.8 Å². The van der Waals surface area contributed by atoms with Crippen molar-refractivity contribution in [3.8, 4) is 11.6 Å². The highest BCUT2D eigenvalue weighted by atomic mass is 35.5. The van der Waals surface area contributed by atoms with E-state index in [-0.39, 0.29) is 34.9 Å². The quantitative estimate of drug-likeness (QED) is 0.716. The normalized spacial score (nSPS) is 21.1. The van der Waals surface area contributed by atoms with Gasteiger partial charge in [0, 0.05) is 19.7 Å². The molecule has 0 unspecified atom stereocenters. The number of sulfone groups is 1. The van der Waals surface area contributed by atoms with Gasteiger partial charge < -0.3 is 14.4 Å². The van der Waals surface area contributed by atoms with Crippen LogP contribution >= 0.6 is 11.6 Å². The van der Waals surface area contributed by atoms with Crippen molar-refractivity contribution in [2.24, 2.45) is 0 Å². The Labute approximate surface area is 161 Å². The Morgan fingerprint density at radius 1 is 1.33 bits per heavy atom. The molecule has 0 saturated carbocycles. The van der Waals surface area contributed by atoms with Crippen LogP contribution in [-0.4, -0.2) is 45.0 Å². The Hall–Kier alpha value is -1.90. The molecular formula is C18H18ClFN2O4S. The lowest BCUT2D eigenvalue weighted by atomic mass is 10.2. The summed E-state index contributed by atoms with van der Waals surface area (Å²) in [6.45, 7) is 1.39. The zero-order chi connectivity index (χ0) is 19.0. The summed E-state index contributed by atoms with van der Waals surface area (Å²) < 4.78 is 51.0. The highest BCUT2D eigenvalue weighted by Crippen LogP contribution is 2.44. The summed E-state index contributed by atoms with van der Waals surface area (Å²) in [5, 5.41) is -0.498. The maximum atomic E-state index is 14.3. The minimum Gasteiger partial charge on any atom is -0.437 e. The van der Waals surface area contributed by atoms with Gasteiger partial charge in [-0.05, 0) is 25.0 Å². The fourth-order valence-electron chi connectivity index (χ4n) is 3.38. The Balaban J connectivity index is 1.82. The third-order valence-corrected chi connectivity index (χ3v) is 6.86. The number of aromatic nitrogens is 1. The average Bonchev–Trinajstić information content (AvgIpc) is 3.15. The molecule has 1 aromatic heterocycles. The van der Waals surface area contributed by atoms with Crippen LogP contribution in [0.25, 0.3) is 0 Å². The van der Waals surface area contributed by atoms with Crippen molar-refractivity contribution in [1.82, 2.24) is 4.98 Å². The topological polar surface area (TPSA) is 68.7 Å². The third-order valence-electron chi connectivity index (χ3n) is 4.66. The molecule has 1 atom stereocenters. The molecule has 0 radical (unpaired) electrons. The van der Waals surface area contributed by atoms with Crippen molar-refractivity contribution in [3.63, 3.8) is 0 Å². The Morgan fingerprint density at radius 3 is 2.81 bits per heavy atom. The number of ether oxygens (including phenoxy) is 2. The predicted octanol–water partition coefficient (Wildman–Crippen LogP) is 3.44. The fourth-order valence-corrected chi connectivity index (χ4v) is 5.40. The van der Waals surface area contributed by atoms with Gasteiger partial charge in [-0.2, -0.15) is 9.37 Å². The summed E-state index contributed by atoms with van der Waals surface area (Å²) in [5.41, 5.74) is 0.201. The molecule has 3 heterocycles. The minimum absolute atomic E-state index is 0.0212. The van der Waals surface area contributed by atoms with Crippen LogP contribution in [0.15, 0.2) is 35.2 Å². The zero-order valence-electron chi connectivity index (χ0n) is 14.4. The van der Waals surface area contributed by atoms with Crippen molar-refractivity contribution in [3.05, 3.63) is 41.3 Å². The molecule has 0 aliphatic carbocycles. The van der Waals surface area contributed by atoms with E-state index in [1.54, 1.807) is 24.3 Å². The molecule has 0 amide bonds. The first-order valence-electron chi connectivity index (χ1n) is 8.67. The Bertz CT molecular complexity index is 950. The molecule has 0 spiro atoms. The number of fused-ring (bicyclic) bond motifs is 1. The number of halogens is 2. The summed E-state index contributed by atoms with van der Waals surface area (Å²) in [7, 11) is -3.75. The summed E-state index contributed by atoms with van der Waals surface area (Å²) in [4.78, 5) is 5.37. The molecule has 1 aromatic carbocycles. The van der Waals surface area contributed by atoms with Crippen molar-refractivity contribution in [2.75, 3.05) is 30.3 Å². The first-order chi connectivity index (χ1) is 13.0. The van der Waals surface area contributed by atoms with E-state index in [4.69, 9.17) is 21.1 Å². The standard InChI is InChI=1S/C18H18ClFN2O4S/c19-14-16-15(18(21-17(14)20)26-12-5-2-1-3-6-12)22(8-10-27(16,23)24)11-13-7-4-9-25-13/h1-3,5-6,13H,4,7-11H2/t13-/m0/s1. The number of nitrogens with zero attached hydrogens (tertiary/aromatic N) is 2. The number of hydrogen-bond acceptors (Lipinski definition) is 6. The van der Waals surface area contributed by atoms with E-state index in [0.717, 1.165) is 12.8 Å². The maximum absolute atomic E-state index is 14.3. The molecule has 4 rings (SSSR count). The molecule has 2 aliphatic rings. The summed E-state index contributed by atoms with van der Waals surface area (Å²) in [5.74, 6) is -0.905. The summed E-state index contributed by atoms with van der Waals surface area (Å²) in [6, 6.07) is 8.70. The van der Waals surface area contributed by atoms with Gasteiger partial charge >= 0.3 is 0 Å². The van der Waals surface area contributed by atoms with Crippen LogP contribution in [0.2, 0.25) is 5.02 Å². The van der Waals surface area contributed by atoms with Gasteiger partial charge in [-0.15, -0.1) is 0 Å². The lowest BCUT2D eigenvalue weighted by molar-refractivity contribution is 0.115. The molecule has 6 nitrogen and oxygen atoms in total. The number of pyridine rings is 1. The lowest BCUT2D eigenvalue weighted by Crippen LogP contribution is -2.40. The first-order valence-corrected chi connectivity index (χ1v) is 10.7. The maximum Gasteiger partial charge on any atom is 0.247 e. The van der Waals surface area contributed by atoms with Gasteiger partial charge in [-0.3, -0.25) is 0 Å². The van der Waals surface area contributed by atoms with Gasteiger partial charge in [0.05, 0.1) is 11.9 Å². The molecule has 0 N–H and O–H groups in total. The molecular weight excluding hydrogens is 395 g/mol. The van der Waals surface area contributed by atoms with Crippen LogP contribution in [0, 0.1) is 5.95 Å². The highest BCUT2D eigenvalue weighted by molar-refractivity contribution is 7.91. The van der Waals surface area contributed by atoms with Crippen LogP contribution in [0.5, 0.6) is 11.6 Å². The number of rotatable bonds is 4. The van der Waals surface area contributed by atoms with E-state index in [0.29, 0.717) is 18.9 Å². The average molecular weight is 413 g/mol. The van der Waals surface area contributed by atoms with Crippen molar-refractivity contribution in [1.29, 1.82) is 0 Å². The SMILES string of the molecule is O=S1(=O)CCN(C[C@@H]2CCCO2)c2c(Oc3ccccc3)nc(F)c(Cl)c21. The molecule has 2 aliphatic heterocycles. The van der Waals surface area contributed by atoms with Crippen LogP contribution in [0.3, 0.4) is 0 Å². The number of para-hydroxylation sites is 1. The minimum atomic E-state index is -3.75.